The van der Waals surface area contributed by atoms with Crippen LogP contribution in [0.3, 0.4) is 0 Å². The molecule has 0 spiro atoms. The van der Waals surface area contributed by atoms with Crippen LogP contribution in [-0.4, -0.2) is 6.54 Å². The van der Waals surface area contributed by atoms with Gasteiger partial charge in [0.15, 0.2) is 0 Å². The van der Waals surface area contributed by atoms with Crippen molar-refractivity contribution in [1.29, 1.82) is 0 Å². The summed E-state index contributed by atoms with van der Waals surface area (Å²) in [5.74, 6) is 2.69. The van der Waals surface area contributed by atoms with Crippen molar-refractivity contribution in [2.24, 2.45) is 0 Å². The molecule has 0 heterocycles. The smallest absolute Gasteiger partial charge is 0.0943 e. The van der Waals surface area contributed by atoms with Crippen LogP contribution in [0.5, 0.6) is 0 Å². The minimum atomic E-state index is -0.0476. The van der Waals surface area contributed by atoms with E-state index >= 15 is 0 Å². The van der Waals surface area contributed by atoms with E-state index in [1.807, 2.05) is 25.1 Å². The van der Waals surface area contributed by atoms with Crippen LogP contribution in [0.25, 0.3) is 0 Å². The second-order valence-corrected chi connectivity index (χ2v) is 4.09. The Hall–Kier alpha value is -0.490. The standard InChI is InChI=1S/C11H11BrClN/c1-3-11(14-4-2)8-5-6-10(13)9(12)7-8/h1,5-7,11,14H,4H2,2H3. The molecule has 1 aromatic rings. The Morgan fingerprint density at radius 1 is 1.64 bits per heavy atom. The van der Waals surface area contributed by atoms with Gasteiger partial charge in [0.05, 0.1) is 11.1 Å². The third-order valence-corrected chi connectivity index (χ3v) is 3.07. The van der Waals surface area contributed by atoms with E-state index in [0.29, 0.717) is 5.02 Å². The van der Waals surface area contributed by atoms with Gasteiger partial charge >= 0.3 is 0 Å². The largest absolute Gasteiger partial charge is 0.300 e. The minimum Gasteiger partial charge on any atom is -0.300 e. The van der Waals surface area contributed by atoms with Crippen molar-refractivity contribution >= 4 is 27.5 Å². The summed E-state index contributed by atoms with van der Waals surface area (Å²) < 4.78 is 0.870. The van der Waals surface area contributed by atoms with Gasteiger partial charge in [0, 0.05) is 4.47 Å². The molecule has 1 unspecified atom stereocenters. The molecule has 74 valence electrons. The number of rotatable bonds is 3. The Morgan fingerprint density at radius 2 is 2.36 bits per heavy atom. The number of halogens is 2. The summed E-state index contributed by atoms with van der Waals surface area (Å²) >= 11 is 9.25. The van der Waals surface area contributed by atoms with Crippen molar-refractivity contribution in [3.63, 3.8) is 0 Å². The summed E-state index contributed by atoms with van der Waals surface area (Å²) in [4.78, 5) is 0. The first-order valence-corrected chi connectivity index (χ1v) is 5.50. The summed E-state index contributed by atoms with van der Waals surface area (Å²) in [7, 11) is 0. The molecule has 1 nitrogen and oxygen atoms in total. The number of terminal acetylenes is 1. The van der Waals surface area contributed by atoms with E-state index in [0.717, 1.165) is 16.6 Å². The fourth-order valence-electron chi connectivity index (χ4n) is 1.17. The van der Waals surface area contributed by atoms with Gasteiger partial charge in [-0.05, 0) is 40.2 Å². The molecule has 0 saturated carbocycles. The molecular formula is C11H11BrClN. The molecule has 1 N–H and O–H groups in total. The monoisotopic (exact) mass is 271 g/mol. The average Bonchev–Trinajstić information content (AvgIpc) is 2.19. The molecule has 1 atom stereocenters. The van der Waals surface area contributed by atoms with E-state index in [4.69, 9.17) is 18.0 Å². The predicted molar refractivity (Wildman–Crippen MR) is 64.4 cm³/mol. The third-order valence-electron chi connectivity index (χ3n) is 1.85. The molecule has 0 saturated heterocycles. The van der Waals surface area contributed by atoms with Crippen LogP contribution < -0.4 is 5.32 Å². The summed E-state index contributed by atoms with van der Waals surface area (Å²) in [6.45, 7) is 2.87. The number of hydrogen-bond acceptors (Lipinski definition) is 1. The number of hydrogen-bond donors (Lipinski definition) is 1. The van der Waals surface area contributed by atoms with Gasteiger partial charge in [-0.1, -0.05) is 30.5 Å². The molecule has 0 radical (unpaired) electrons. The van der Waals surface area contributed by atoms with Gasteiger partial charge in [0.25, 0.3) is 0 Å². The summed E-state index contributed by atoms with van der Waals surface area (Å²) in [5.41, 5.74) is 1.05. The Balaban J connectivity index is 2.95. The molecule has 0 fully saturated rings. The van der Waals surface area contributed by atoms with E-state index in [2.05, 4.69) is 27.2 Å². The van der Waals surface area contributed by atoms with Crippen molar-refractivity contribution in [2.45, 2.75) is 13.0 Å². The van der Waals surface area contributed by atoms with Gasteiger partial charge < -0.3 is 5.32 Å². The maximum Gasteiger partial charge on any atom is 0.0943 e. The van der Waals surface area contributed by atoms with Crippen LogP contribution in [-0.2, 0) is 0 Å². The van der Waals surface area contributed by atoms with Crippen LogP contribution >= 0.6 is 27.5 Å². The second-order valence-electron chi connectivity index (χ2n) is 2.83. The van der Waals surface area contributed by atoms with E-state index in [1.165, 1.54) is 0 Å². The van der Waals surface area contributed by atoms with Crippen LogP contribution in [0, 0.1) is 12.3 Å². The van der Waals surface area contributed by atoms with Crippen LogP contribution in [0.4, 0.5) is 0 Å². The lowest BCUT2D eigenvalue weighted by Crippen LogP contribution is -2.19. The number of nitrogens with one attached hydrogen (secondary N) is 1. The first-order chi connectivity index (χ1) is 6.69. The summed E-state index contributed by atoms with van der Waals surface area (Å²) in [6, 6.07) is 5.66. The van der Waals surface area contributed by atoms with Crippen molar-refractivity contribution in [2.75, 3.05) is 6.54 Å². The zero-order valence-corrected chi connectivity index (χ0v) is 10.2. The average molecular weight is 273 g/mol. The van der Waals surface area contributed by atoms with E-state index in [9.17, 15) is 0 Å². The van der Waals surface area contributed by atoms with Crippen molar-refractivity contribution in [3.05, 3.63) is 33.3 Å². The lowest BCUT2D eigenvalue weighted by Gasteiger charge is -2.12. The van der Waals surface area contributed by atoms with E-state index < -0.39 is 0 Å². The van der Waals surface area contributed by atoms with Crippen LogP contribution in [0.1, 0.15) is 18.5 Å². The predicted octanol–water partition coefficient (Wildman–Crippen LogP) is 3.39. The fourth-order valence-corrected chi connectivity index (χ4v) is 1.68. The van der Waals surface area contributed by atoms with Crippen LogP contribution in [0.15, 0.2) is 22.7 Å². The van der Waals surface area contributed by atoms with Gasteiger partial charge in [-0.15, -0.1) is 6.42 Å². The van der Waals surface area contributed by atoms with Crippen molar-refractivity contribution < 1.29 is 0 Å². The Morgan fingerprint density at radius 3 is 2.86 bits per heavy atom. The zero-order chi connectivity index (χ0) is 10.6. The second kappa shape index (κ2) is 5.41. The molecule has 3 heteroatoms. The van der Waals surface area contributed by atoms with Gasteiger partial charge in [-0.3, -0.25) is 0 Å². The van der Waals surface area contributed by atoms with Gasteiger partial charge in [-0.25, -0.2) is 0 Å². The highest BCUT2D eigenvalue weighted by Gasteiger charge is 2.07. The Kier molecular flexibility index (Phi) is 4.47. The lowest BCUT2D eigenvalue weighted by atomic mass is 10.1. The molecule has 0 amide bonds. The van der Waals surface area contributed by atoms with Crippen molar-refractivity contribution in [1.82, 2.24) is 5.32 Å². The fraction of sp³-hybridized carbons (Fsp3) is 0.273. The maximum atomic E-state index is 5.89. The SMILES string of the molecule is C#CC(NCC)c1ccc(Cl)c(Br)c1. The Labute approximate surface area is 98.0 Å². The zero-order valence-electron chi connectivity index (χ0n) is 7.85. The summed E-state index contributed by atoms with van der Waals surface area (Å²) in [5, 5.41) is 3.89. The van der Waals surface area contributed by atoms with Gasteiger partial charge in [0.1, 0.15) is 0 Å². The Bertz CT molecular complexity index is 357. The highest BCUT2D eigenvalue weighted by Crippen LogP contribution is 2.25. The first kappa shape index (κ1) is 11.6. The normalized spacial score (nSPS) is 12.1. The quantitative estimate of drug-likeness (QED) is 0.832. The van der Waals surface area contributed by atoms with Gasteiger partial charge in [0.2, 0.25) is 0 Å². The van der Waals surface area contributed by atoms with Crippen LogP contribution in [0.2, 0.25) is 5.02 Å². The molecular weight excluding hydrogens is 261 g/mol. The highest BCUT2D eigenvalue weighted by atomic mass is 79.9. The molecule has 0 aromatic heterocycles. The van der Waals surface area contributed by atoms with E-state index in [-0.39, 0.29) is 6.04 Å². The highest BCUT2D eigenvalue weighted by molar-refractivity contribution is 9.10. The lowest BCUT2D eigenvalue weighted by molar-refractivity contribution is 0.665. The minimum absolute atomic E-state index is 0.0476. The summed E-state index contributed by atoms with van der Waals surface area (Å²) in [6.07, 6.45) is 5.42. The maximum absolute atomic E-state index is 5.89. The van der Waals surface area contributed by atoms with E-state index in [1.54, 1.807) is 0 Å². The van der Waals surface area contributed by atoms with Gasteiger partial charge in [-0.2, -0.15) is 0 Å². The van der Waals surface area contributed by atoms with Crippen molar-refractivity contribution in [3.8, 4) is 12.3 Å². The molecule has 0 aliphatic heterocycles. The molecule has 0 aliphatic carbocycles. The molecule has 1 rings (SSSR count). The molecule has 1 aromatic carbocycles. The molecule has 14 heavy (non-hydrogen) atoms. The number of benzene rings is 1. The topological polar surface area (TPSA) is 12.0 Å². The molecule has 0 bridgehead atoms. The third kappa shape index (κ3) is 2.75. The first-order valence-electron chi connectivity index (χ1n) is 4.33. The molecule has 0 aliphatic rings.